The molecule has 1 aliphatic heterocycles. The van der Waals surface area contributed by atoms with Crippen molar-refractivity contribution in [3.63, 3.8) is 0 Å². The van der Waals surface area contributed by atoms with Crippen molar-refractivity contribution in [1.29, 1.82) is 0 Å². The average molecular weight is 373 g/mol. The maximum absolute atomic E-state index is 12.4. The van der Waals surface area contributed by atoms with Crippen molar-refractivity contribution in [3.8, 4) is 10.6 Å². The number of nitrogens with zero attached hydrogens (tertiary/aromatic N) is 3. The number of carbonyl (C=O) groups excluding carboxylic acids is 1. The Labute approximate surface area is 159 Å². The number of rotatable bonds is 7. The third kappa shape index (κ3) is 5.35. The van der Waals surface area contributed by atoms with E-state index in [4.69, 9.17) is 0 Å². The SMILES string of the molecule is CCC(CN1CCC(C)CC1)NC(=O)Cc1csc(-c2cccnc2)n1. The minimum absolute atomic E-state index is 0.0604. The molecule has 1 fully saturated rings. The lowest BCUT2D eigenvalue weighted by Gasteiger charge is -2.33. The van der Waals surface area contributed by atoms with Gasteiger partial charge in [-0.15, -0.1) is 11.3 Å². The molecule has 0 radical (unpaired) electrons. The lowest BCUT2D eigenvalue weighted by molar-refractivity contribution is -0.121. The fourth-order valence-electron chi connectivity index (χ4n) is 3.29. The van der Waals surface area contributed by atoms with Crippen LogP contribution in [0.2, 0.25) is 0 Å². The molecule has 2 aromatic rings. The van der Waals surface area contributed by atoms with Crippen molar-refractivity contribution in [1.82, 2.24) is 20.2 Å². The van der Waals surface area contributed by atoms with Crippen LogP contribution < -0.4 is 5.32 Å². The molecule has 3 heterocycles. The first kappa shape index (κ1) is 19.0. The highest BCUT2D eigenvalue weighted by atomic mass is 32.1. The van der Waals surface area contributed by atoms with E-state index in [1.807, 2.05) is 17.5 Å². The summed E-state index contributed by atoms with van der Waals surface area (Å²) >= 11 is 1.56. The summed E-state index contributed by atoms with van der Waals surface area (Å²) in [5.41, 5.74) is 1.82. The second kappa shape index (κ2) is 9.24. The molecule has 2 aromatic heterocycles. The van der Waals surface area contributed by atoms with Gasteiger partial charge in [0.1, 0.15) is 5.01 Å². The molecular formula is C20H28N4OS. The van der Waals surface area contributed by atoms with Crippen molar-refractivity contribution in [2.24, 2.45) is 5.92 Å². The minimum Gasteiger partial charge on any atom is -0.352 e. The topological polar surface area (TPSA) is 58.1 Å². The van der Waals surface area contributed by atoms with Crippen LogP contribution in [0, 0.1) is 5.92 Å². The van der Waals surface area contributed by atoms with Crippen molar-refractivity contribution in [2.75, 3.05) is 19.6 Å². The summed E-state index contributed by atoms with van der Waals surface area (Å²) in [7, 11) is 0. The Morgan fingerprint density at radius 3 is 2.92 bits per heavy atom. The van der Waals surface area contributed by atoms with Gasteiger partial charge in [0.25, 0.3) is 0 Å². The van der Waals surface area contributed by atoms with Crippen LogP contribution in [0.15, 0.2) is 29.9 Å². The summed E-state index contributed by atoms with van der Waals surface area (Å²) in [5.74, 6) is 0.893. The standard InChI is InChI=1S/C20H28N4OS/c1-3-17(13-24-9-6-15(2)7-10-24)22-19(25)11-18-14-26-20(23-18)16-5-4-8-21-12-16/h4-5,8,12,14-15,17H,3,6-7,9-11,13H2,1-2H3,(H,22,25). The van der Waals surface area contributed by atoms with Gasteiger partial charge >= 0.3 is 0 Å². The lowest BCUT2D eigenvalue weighted by Crippen LogP contribution is -2.46. The molecule has 5 nitrogen and oxygen atoms in total. The van der Waals surface area contributed by atoms with Crippen LogP contribution in [0.4, 0.5) is 0 Å². The van der Waals surface area contributed by atoms with Gasteiger partial charge in [0.05, 0.1) is 12.1 Å². The maximum atomic E-state index is 12.4. The highest BCUT2D eigenvalue weighted by Crippen LogP contribution is 2.22. The molecular weight excluding hydrogens is 344 g/mol. The molecule has 0 aliphatic carbocycles. The van der Waals surface area contributed by atoms with Crippen LogP contribution in [0.1, 0.15) is 38.8 Å². The average Bonchev–Trinajstić information content (AvgIpc) is 3.12. The van der Waals surface area contributed by atoms with Gasteiger partial charge in [0.2, 0.25) is 5.91 Å². The highest BCUT2D eigenvalue weighted by Gasteiger charge is 2.20. The van der Waals surface area contributed by atoms with E-state index in [-0.39, 0.29) is 11.9 Å². The molecule has 0 spiro atoms. The zero-order valence-corrected chi connectivity index (χ0v) is 16.5. The van der Waals surface area contributed by atoms with Gasteiger partial charge in [-0.1, -0.05) is 13.8 Å². The van der Waals surface area contributed by atoms with Gasteiger partial charge in [-0.05, 0) is 50.4 Å². The first-order chi connectivity index (χ1) is 12.6. The van der Waals surface area contributed by atoms with Gasteiger partial charge in [0, 0.05) is 35.9 Å². The quantitative estimate of drug-likeness (QED) is 0.809. The molecule has 1 amide bonds. The maximum Gasteiger partial charge on any atom is 0.226 e. The van der Waals surface area contributed by atoms with Crippen LogP contribution in [-0.2, 0) is 11.2 Å². The van der Waals surface area contributed by atoms with Crippen LogP contribution in [0.5, 0.6) is 0 Å². The molecule has 0 bridgehead atoms. The summed E-state index contributed by atoms with van der Waals surface area (Å²) in [6.07, 6.45) is 7.37. The zero-order valence-electron chi connectivity index (χ0n) is 15.6. The zero-order chi connectivity index (χ0) is 18.4. The number of carbonyl (C=O) groups is 1. The Bertz CT molecular complexity index is 695. The van der Waals surface area contributed by atoms with Gasteiger partial charge in [-0.2, -0.15) is 0 Å². The summed E-state index contributed by atoms with van der Waals surface area (Å²) in [6, 6.07) is 4.10. The number of amides is 1. The molecule has 26 heavy (non-hydrogen) atoms. The number of pyridine rings is 1. The first-order valence-corrected chi connectivity index (χ1v) is 10.4. The fourth-order valence-corrected chi connectivity index (χ4v) is 4.10. The second-order valence-corrected chi connectivity index (χ2v) is 8.08. The Kier molecular flexibility index (Phi) is 6.74. The third-order valence-corrected chi connectivity index (χ3v) is 5.95. The summed E-state index contributed by atoms with van der Waals surface area (Å²) < 4.78 is 0. The molecule has 1 saturated heterocycles. The van der Waals surface area contributed by atoms with E-state index in [2.05, 4.69) is 34.0 Å². The van der Waals surface area contributed by atoms with E-state index in [0.717, 1.165) is 48.2 Å². The van der Waals surface area contributed by atoms with Gasteiger partial charge in [-0.3, -0.25) is 9.78 Å². The smallest absolute Gasteiger partial charge is 0.226 e. The lowest BCUT2D eigenvalue weighted by atomic mass is 9.98. The molecule has 6 heteroatoms. The van der Waals surface area contributed by atoms with Crippen molar-refractivity contribution in [3.05, 3.63) is 35.6 Å². The molecule has 1 N–H and O–H groups in total. The van der Waals surface area contributed by atoms with Crippen molar-refractivity contribution >= 4 is 17.2 Å². The monoisotopic (exact) mass is 372 g/mol. The first-order valence-electron chi connectivity index (χ1n) is 9.50. The number of likely N-dealkylation sites (tertiary alicyclic amines) is 1. The normalized spacial score (nSPS) is 17.2. The predicted octanol–water partition coefficient (Wildman–Crippen LogP) is 3.37. The number of hydrogen-bond donors (Lipinski definition) is 1. The number of hydrogen-bond acceptors (Lipinski definition) is 5. The molecule has 1 atom stereocenters. The summed E-state index contributed by atoms with van der Waals surface area (Å²) in [6.45, 7) is 7.71. The van der Waals surface area contributed by atoms with E-state index in [9.17, 15) is 4.79 Å². The van der Waals surface area contributed by atoms with Crippen LogP contribution in [0.3, 0.4) is 0 Å². The number of nitrogens with one attached hydrogen (secondary N) is 1. The second-order valence-electron chi connectivity index (χ2n) is 7.22. The number of thiazole rings is 1. The summed E-state index contributed by atoms with van der Waals surface area (Å²) in [5, 5.41) is 6.07. The van der Waals surface area contributed by atoms with Crippen molar-refractivity contribution < 1.29 is 4.79 Å². The van der Waals surface area contributed by atoms with Gasteiger partial charge in [0.15, 0.2) is 0 Å². The Morgan fingerprint density at radius 2 is 2.23 bits per heavy atom. The molecule has 140 valence electrons. The van der Waals surface area contributed by atoms with Crippen LogP contribution >= 0.6 is 11.3 Å². The van der Waals surface area contributed by atoms with Gasteiger partial charge < -0.3 is 10.2 Å². The van der Waals surface area contributed by atoms with E-state index >= 15 is 0 Å². The molecule has 1 unspecified atom stereocenters. The highest BCUT2D eigenvalue weighted by molar-refractivity contribution is 7.13. The Hall–Kier alpha value is -1.79. The largest absolute Gasteiger partial charge is 0.352 e. The third-order valence-electron chi connectivity index (χ3n) is 5.01. The van der Waals surface area contributed by atoms with E-state index in [1.54, 1.807) is 23.7 Å². The van der Waals surface area contributed by atoms with Gasteiger partial charge in [-0.25, -0.2) is 4.98 Å². The molecule has 0 aromatic carbocycles. The minimum atomic E-state index is 0.0604. The Balaban J connectivity index is 1.50. The molecule has 3 rings (SSSR count). The molecule has 0 saturated carbocycles. The number of aromatic nitrogens is 2. The predicted molar refractivity (Wildman–Crippen MR) is 106 cm³/mol. The van der Waals surface area contributed by atoms with E-state index in [1.165, 1.54) is 12.8 Å². The summed E-state index contributed by atoms with van der Waals surface area (Å²) in [4.78, 5) is 23.6. The van der Waals surface area contributed by atoms with Crippen LogP contribution in [-0.4, -0.2) is 46.5 Å². The van der Waals surface area contributed by atoms with E-state index in [0.29, 0.717) is 6.42 Å². The van der Waals surface area contributed by atoms with E-state index < -0.39 is 0 Å². The Morgan fingerprint density at radius 1 is 1.42 bits per heavy atom. The van der Waals surface area contributed by atoms with Crippen molar-refractivity contribution in [2.45, 2.75) is 45.6 Å². The molecule has 1 aliphatic rings. The number of piperidine rings is 1. The van der Waals surface area contributed by atoms with Crippen LogP contribution in [0.25, 0.3) is 10.6 Å². The fraction of sp³-hybridized carbons (Fsp3) is 0.550.